The molecule has 1 saturated heterocycles. The number of aliphatic hydroxyl groups excluding tert-OH is 4. The first kappa shape index (κ1) is 21.2. The molecular weight excluding hydrogens is 436 g/mol. The van der Waals surface area contributed by atoms with Crippen molar-refractivity contribution in [3.05, 3.63) is 64.0 Å². The van der Waals surface area contributed by atoms with Crippen LogP contribution in [0.4, 0.5) is 0 Å². The van der Waals surface area contributed by atoms with Crippen molar-refractivity contribution in [1.29, 1.82) is 0 Å². The molecule has 1 fully saturated rings. The first-order valence-electron chi connectivity index (χ1n) is 10.1. The fourth-order valence-corrected chi connectivity index (χ4v) is 7.13. The van der Waals surface area contributed by atoms with Crippen molar-refractivity contribution in [3.63, 3.8) is 0 Å². The highest BCUT2D eigenvalue weighted by Gasteiger charge is 2.57. The van der Waals surface area contributed by atoms with Gasteiger partial charge in [-0.05, 0) is 40.8 Å². The largest absolute Gasteiger partial charge is 0.496 e. The van der Waals surface area contributed by atoms with E-state index in [-0.39, 0.29) is 13.2 Å². The summed E-state index contributed by atoms with van der Waals surface area (Å²) in [5.41, 5.74) is 2.57. The maximum absolute atomic E-state index is 10.9. The van der Waals surface area contributed by atoms with Crippen molar-refractivity contribution >= 4 is 33.2 Å². The van der Waals surface area contributed by atoms with Gasteiger partial charge in [0.1, 0.15) is 18.0 Å². The van der Waals surface area contributed by atoms with Crippen molar-refractivity contribution in [2.45, 2.75) is 41.5 Å². The number of aliphatic hydroxyl groups is 4. The van der Waals surface area contributed by atoms with Crippen LogP contribution in [0, 0.1) is 0 Å². The summed E-state index contributed by atoms with van der Waals surface area (Å²) in [5, 5.41) is 41.8. The lowest BCUT2D eigenvalue weighted by Gasteiger charge is -2.45. The molecule has 3 heterocycles. The molecule has 8 heteroatoms. The number of fused-ring (bicyclic) bond motifs is 3. The number of hydrogen-bond donors (Lipinski definition) is 4. The van der Waals surface area contributed by atoms with Crippen LogP contribution in [-0.4, -0.2) is 57.7 Å². The van der Waals surface area contributed by atoms with Gasteiger partial charge in [-0.2, -0.15) is 0 Å². The van der Waals surface area contributed by atoms with Gasteiger partial charge in [0.2, 0.25) is 0 Å². The molecule has 4 N–H and O–H groups in total. The summed E-state index contributed by atoms with van der Waals surface area (Å²) in [5.74, 6) is 0.742. The number of rotatable bonds is 4. The van der Waals surface area contributed by atoms with E-state index in [2.05, 4.69) is 18.2 Å². The maximum atomic E-state index is 10.9. The highest BCUT2D eigenvalue weighted by atomic mass is 32.2. The second-order valence-corrected chi connectivity index (χ2v) is 10.6. The molecule has 164 valence electrons. The highest BCUT2D eigenvalue weighted by molar-refractivity contribution is 8.00. The summed E-state index contributed by atoms with van der Waals surface area (Å²) in [7, 11) is 1.63. The molecule has 31 heavy (non-hydrogen) atoms. The molecule has 2 aliphatic rings. The third-order valence-electron chi connectivity index (χ3n) is 6.12. The van der Waals surface area contributed by atoms with Gasteiger partial charge in [0.15, 0.2) is 4.93 Å². The van der Waals surface area contributed by atoms with E-state index in [1.165, 1.54) is 26.7 Å². The zero-order valence-corrected chi connectivity index (χ0v) is 18.5. The van der Waals surface area contributed by atoms with Crippen molar-refractivity contribution in [2.24, 2.45) is 0 Å². The minimum atomic E-state index is -1.42. The van der Waals surface area contributed by atoms with E-state index in [1.807, 2.05) is 24.3 Å². The van der Waals surface area contributed by atoms with Gasteiger partial charge in [0, 0.05) is 21.6 Å². The molecule has 2 aromatic carbocycles. The van der Waals surface area contributed by atoms with E-state index < -0.39 is 28.5 Å². The Morgan fingerprint density at radius 2 is 1.94 bits per heavy atom. The lowest BCUT2D eigenvalue weighted by molar-refractivity contribution is -0.147. The normalized spacial score (nSPS) is 30.1. The summed E-state index contributed by atoms with van der Waals surface area (Å²) in [6.45, 7) is -0.0826. The lowest BCUT2D eigenvalue weighted by atomic mass is 9.91. The Labute approximate surface area is 188 Å². The van der Waals surface area contributed by atoms with Gasteiger partial charge in [-0.3, -0.25) is 0 Å². The van der Waals surface area contributed by atoms with E-state index in [9.17, 15) is 20.4 Å². The Morgan fingerprint density at radius 3 is 2.68 bits per heavy atom. The van der Waals surface area contributed by atoms with Crippen LogP contribution in [0.3, 0.4) is 0 Å². The zero-order chi connectivity index (χ0) is 21.8. The van der Waals surface area contributed by atoms with Crippen LogP contribution in [0.25, 0.3) is 10.1 Å². The van der Waals surface area contributed by atoms with Crippen molar-refractivity contribution in [1.82, 2.24) is 0 Å². The Kier molecular flexibility index (Phi) is 5.50. The quantitative estimate of drug-likeness (QED) is 0.474. The van der Waals surface area contributed by atoms with Gasteiger partial charge >= 0.3 is 0 Å². The van der Waals surface area contributed by atoms with Gasteiger partial charge in [-0.1, -0.05) is 18.2 Å². The van der Waals surface area contributed by atoms with Crippen molar-refractivity contribution in [2.75, 3.05) is 13.7 Å². The number of methoxy groups -OCH3 is 1. The van der Waals surface area contributed by atoms with Gasteiger partial charge in [0.25, 0.3) is 0 Å². The predicted molar refractivity (Wildman–Crippen MR) is 121 cm³/mol. The van der Waals surface area contributed by atoms with Gasteiger partial charge in [-0.25, -0.2) is 0 Å². The molecule has 3 aromatic rings. The van der Waals surface area contributed by atoms with Gasteiger partial charge < -0.3 is 29.9 Å². The first-order chi connectivity index (χ1) is 15.0. The molecular formula is C23H24O6S2. The standard InChI is InChI=1S/C23H24O6S2/c1-28-17-9-14-11-29-23(22(27)21(26)20(25)19(10-24)31-23)16(14)8-13(17)7-15-6-12-4-2-3-5-18(12)30-15/h2-6,8-9,19-22,24-27H,7,10-11H2,1H3/t19-,20-,21+,22-,23+/m1/s1. The predicted octanol–water partition coefficient (Wildman–Crippen LogP) is 2.37. The third kappa shape index (κ3) is 3.38. The molecule has 0 unspecified atom stereocenters. The van der Waals surface area contributed by atoms with Crippen LogP contribution < -0.4 is 4.74 Å². The van der Waals surface area contributed by atoms with Crippen LogP contribution in [0.15, 0.2) is 42.5 Å². The summed E-state index contributed by atoms with van der Waals surface area (Å²) in [6.07, 6.45) is -3.33. The van der Waals surface area contributed by atoms with Crippen molar-refractivity contribution < 1.29 is 29.9 Å². The van der Waals surface area contributed by atoms with Crippen LogP contribution in [0.2, 0.25) is 0 Å². The van der Waals surface area contributed by atoms with E-state index in [0.29, 0.717) is 6.42 Å². The lowest BCUT2D eigenvalue weighted by Crippen LogP contribution is -2.58. The molecule has 0 aliphatic carbocycles. The minimum Gasteiger partial charge on any atom is -0.496 e. The molecule has 5 rings (SSSR count). The van der Waals surface area contributed by atoms with Gasteiger partial charge in [0.05, 0.1) is 31.7 Å². The smallest absolute Gasteiger partial charge is 0.168 e. The summed E-state index contributed by atoms with van der Waals surface area (Å²) < 4.78 is 12.9. The zero-order valence-electron chi connectivity index (χ0n) is 16.9. The number of ether oxygens (including phenoxy) is 2. The third-order valence-corrected chi connectivity index (χ3v) is 8.89. The Bertz CT molecular complexity index is 1080. The Balaban J connectivity index is 1.56. The fourth-order valence-electron chi connectivity index (χ4n) is 4.50. The number of hydrogen-bond acceptors (Lipinski definition) is 8. The topological polar surface area (TPSA) is 99.4 Å². The Hall–Kier alpha value is -1.65. The average molecular weight is 461 g/mol. The van der Waals surface area contributed by atoms with E-state index in [1.54, 1.807) is 18.4 Å². The SMILES string of the molecule is COc1cc2c(cc1Cc1cc3ccccc3s1)[C@]1(OC2)S[C@H](CO)[C@@H](O)[C@H](O)[C@H]1O. The number of benzene rings is 2. The summed E-state index contributed by atoms with van der Waals surface area (Å²) in [6, 6.07) is 14.3. The van der Waals surface area contributed by atoms with Crippen LogP contribution in [0.5, 0.6) is 5.75 Å². The second-order valence-electron chi connectivity index (χ2n) is 7.97. The number of thioether (sulfide) groups is 1. The molecule has 5 atom stereocenters. The van der Waals surface area contributed by atoms with E-state index >= 15 is 0 Å². The second kappa shape index (κ2) is 8.04. The maximum Gasteiger partial charge on any atom is 0.168 e. The summed E-state index contributed by atoms with van der Waals surface area (Å²) >= 11 is 2.90. The molecule has 1 spiro atoms. The van der Waals surface area contributed by atoms with Gasteiger partial charge in [-0.15, -0.1) is 23.1 Å². The van der Waals surface area contributed by atoms with E-state index in [4.69, 9.17) is 9.47 Å². The average Bonchev–Trinajstić information content (AvgIpc) is 3.35. The van der Waals surface area contributed by atoms with Crippen LogP contribution in [-0.2, 0) is 22.7 Å². The molecule has 0 saturated carbocycles. The monoisotopic (exact) mass is 460 g/mol. The highest BCUT2D eigenvalue weighted by Crippen LogP contribution is 2.55. The first-order valence-corrected chi connectivity index (χ1v) is 11.8. The van der Waals surface area contributed by atoms with Crippen molar-refractivity contribution in [3.8, 4) is 5.75 Å². The van der Waals surface area contributed by atoms with Crippen LogP contribution in [0.1, 0.15) is 21.6 Å². The number of thiophene rings is 1. The minimum absolute atomic E-state index is 0.250. The fraction of sp³-hybridized carbons (Fsp3) is 0.391. The molecule has 0 bridgehead atoms. The molecule has 0 amide bonds. The molecule has 0 radical (unpaired) electrons. The Morgan fingerprint density at radius 1 is 1.13 bits per heavy atom. The molecule has 1 aromatic heterocycles. The molecule has 6 nitrogen and oxygen atoms in total. The van der Waals surface area contributed by atoms with E-state index in [0.717, 1.165) is 22.4 Å². The van der Waals surface area contributed by atoms with Crippen LogP contribution >= 0.6 is 23.1 Å². The molecule has 2 aliphatic heterocycles. The summed E-state index contributed by atoms with van der Waals surface area (Å²) in [4.78, 5) is -0.0595.